The third-order valence-corrected chi connectivity index (χ3v) is 4.62. The van der Waals surface area contributed by atoms with Crippen molar-refractivity contribution in [3.05, 3.63) is 28.7 Å². The predicted molar refractivity (Wildman–Crippen MR) is 81.5 cm³/mol. The number of carbonyl (C=O) groups excluding carboxylic acids is 2. The van der Waals surface area contributed by atoms with Crippen molar-refractivity contribution in [3.8, 4) is 0 Å². The fourth-order valence-corrected chi connectivity index (χ4v) is 3.44. The van der Waals surface area contributed by atoms with Crippen molar-refractivity contribution in [1.82, 2.24) is 15.3 Å². The Morgan fingerprint density at radius 1 is 1.43 bits per heavy atom. The molecule has 0 aromatic carbocycles. The minimum atomic E-state index is -0.110. The molecule has 2 fully saturated rings. The van der Waals surface area contributed by atoms with Crippen LogP contribution >= 0.6 is 11.8 Å². The number of ketones is 1. The van der Waals surface area contributed by atoms with Gasteiger partial charge >= 0.3 is 0 Å². The summed E-state index contributed by atoms with van der Waals surface area (Å²) in [5, 5.41) is 3.30. The number of rotatable bonds is 3. The van der Waals surface area contributed by atoms with Crippen LogP contribution in [0.5, 0.6) is 0 Å². The molecule has 1 aromatic heterocycles. The highest BCUT2D eigenvalue weighted by Gasteiger charge is 2.26. The Morgan fingerprint density at radius 3 is 3.05 bits per heavy atom. The average Bonchev–Trinajstić information content (AvgIpc) is 2.78. The van der Waals surface area contributed by atoms with E-state index < -0.39 is 0 Å². The van der Waals surface area contributed by atoms with Gasteiger partial charge in [0.15, 0.2) is 5.78 Å². The van der Waals surface area contributed by atoms with Crippen molar-refractivity contribution in [2.24, 2.45) is 5.92 Å². The fraction of sp³-hybridized carbons (Fsp3) is 0.467. The molecule has 2 saturated heterocycles. The van der Waals surface area contributed by atoms with Gasteiger partial charge in [-0.2, -0.15) is 0 Å². The molecule has 0 bridgehead atoms. The molecule has 0 saturated carbocycles. The second-order valence-electron chi connectivity index (χ2n) is 5.40. The fourth-order valence-electron chi connectivity index (χ4n) is 2.63. The van der Waals surface area contributed by atoms with Gasteiger partial charge < -0.3 is 5.32 Å². The van der Waals surface area contributed by atoms with E-state index in [9.17, 15) is 9.59 Å². The Morgan fingerprint density at radius 2 is 2.33 bits per heavy atom. The third kappa shape index (κ3) is 3.77. The molecular weight excluding hydrogens is 286 g/mol. The highest BCUT2D eigenvalue weighted by molar-refractivity contribution is 8.18. The van der Waals surface area contributed by atoms with Gasteiger partial charge in [0, 0.05) is 12.6 Å². The minimum absolute atomic E-state index is 0.00217. The van der Waals surface area contributed by atoms with Crippen molar-refractivity contribution in [1.29, 1.82) is 0 Å². The van der Waals surface area contributed by atoms with Gasteiger partial charge in [-0.1, -0.05) is 0 Å². The maximum absolute atomic E-state index is 11.6. The molecular formula is C15H17N3O2S. The normalized spacial score (nSPS) is 24.8. The molecule has 0 aliphatic carbocycles. The number of nitrogens with zero attached hydrogens (tertiary/aromatic N) is 2. The molecule has 2 aliphatic rings. The molecule has 1 aromatic rings. The molecule has 1 atom stereocenters. The third-order valence-electron chi connectivity index (χ3n) is 3.68. The van der Waals surface area contributed by atoms with Crippen molar-refractivity contribution in [2.45, 2.75) is 25.7 Å². The highest BCUT2D eigenvalue weighted by atomic mass is 32.2. The second-order valence-corrected chi connectivity index (χ2v) is 6.50. The average molecular weight is 303 g/mol. The molecule has 3 rings (SSSR count). The minimum Gasteiger partial charge on any atom is -0.316 e. The summed E-state index contributed by atoms with van der Waals surface area (Å²) in [6.45, 7) is 2.11. The number of Topliss-reactive ketones (excluding diaryl/α,β-unsaturated/α-hetero) is 1. The predicted octanol–water partition coefficient (Wildman–Crippen LogP) is 1.59. The number of hydrogen-bond acceptors (Lipinski definition) is 6. The first-order valence-electron chi connectivity index (χ1n) is 7.19. The van der Waals surface area contributed by atoms with Gasteiger partial charge in [0.1, 0.15) is 5.82 Å². The molecule has 0 spiro atoms. The number of thioether (sulfide) groups is 1. The van der Waals surface area contributed by atoms with Gasteiger partial charge in [-0.25, -0.2) is 9.97 Å². The molecule has 0 radical (unpaired) electrons. The largest absolute Gasteiger partial charge is 0.316 e. The lowest BCUT2D eigenvalue weighted by atomic mass is 9.96. The van der Waals surface area contributed by atoms with E-state index in [4.69, 9.17) is 0 Å². The maximum atomic E-state index is 11.6. The SMILES string of the molecule is O=C1CC(=O)/C(=C/c2ccnc(C[C@H]3CCCNC3)n2)S1. The standard InChI is InChI=1S/C15H17N3O2S/c19-12-8-15(20)21-13(12)7-11-3-5-17-14(18-11)6-10-2-1-4-16-9-10/h3,5,7,10,16H,1-2,4,6,8-9H2/b13-7-/t10-/m1/s1. The zero-order valence-corrected chi connectivity index (χ0v) is 12.5. The monoisotopic (exact) mass is 303 g/mol. The molecule has 0 amide bonds. The second kappa shape index (κ2) is 6.49. The van der Waals surface area contributed by atoms with Crippen LogP contribution in [0, 0.1) is 5.92 Å². The Bertz CT molecular complexity index is 594. The zero-order valence-electron chi connectivity index (χ0n) is 11.7. The molecule has 3 heterocycles. The summed E-state index contributed by atoms with van der Waals surface area (Å²) in [5.41, 5.74) is 0.703. The first kappa shape index (κ1) is 14.4. The van der Waals surface area contributed by atoms with Gasteiger partial charge in [0.25, 0.3) is 0 Å². The molecule has 2 aliphatic heterocycles. The van der Waals surface area contributed by atoms with E-state index >= 15 is 0 Å². The van der Waals surface area contributed by atoms with Crippen molar-refractivity contribution >= 4 is 28.7 Å². The highest BCUT2D eigenvalue weighted by Crippen LogP contribution is 2.30. The topological polar surface area (TPSA) is 72.0 Å². The lowest BCUT2D eigenvalue weighted by Gasteiger charge is -2.21. The summed E-state index contributed by atoms with van der Waals surface area (Å²) in [6.07, 6.45) is 6.66. The van der Waals surface area contributed by atoms with Crippen LogP contribution in [-0.4, -0.2) is 34.0 Å². The van der Waals surface area contributed by atoms with Crippen molar-refractivity contribution in [3.63, 3.8) is 0 Å². The van der Waals surface area contributed by atoms with Crippen LogP contribution in [-0.2, 0) is 16.0 Å². The summed E-state index contributed by atoms with van der Waals surface area (Å²) >= 11 is 1.01. The number of allylic oxidation sites excluding steroid dienone is 1. The molecule has 5 nitrogen and oxygen atoms in total. The van der Waals surface area contributed by atoms with E-state index in [0.29, 0.717) is 16.5 Å². The number of aromatic nitrogens is 2. The van der Waals surface area contributed by atoms with Gasteiger partial charge in [-0.3, -0.25) is 9.59 Å². The van der Waals surface area contributed by atoms with E-state index in [2.05, 4.69) is 15.3 Å². The lowest BCUT2D eigenvalue weighted by molar-refractivity contribution is -0.119. The Balaban J connectivity index is 1.72. The number of piperidine rings is 1. The van der Waals surface area contributed by atoms with E-state index in [0.717, 1.165) is 37.1 Å². The lowest BCUT2D eigenvalue weighted by Crippen LogP contribution is -2.31. The van der Waals surface area contributed by atoms with Crippen LogP contribution in [0.2, 0.25) is 0 Å². The van der Waals surface area contributed by atoms with Crippen LogP contribution in [0.1, 0.15) is 30.8 Å². The van der Waals surface area contributed by atoms with Gasteiger partial charge in [0.2, 0.25) is 5.12 Å². The Hall–Kier alpha value is -1.53. The summed E-state index contributed by atoms with van der Waals surface area (Å²) in [7, 11) is 0. The molecule has 110 valence electrons. The van der Waals surface area contributed by atoms with Crippen LogP contribution in [0.25, 0.3) is 6.08 Å². The summed E-state index contributed by atoms with van der Waals surface area (Å²) < 4.78 is 0. The smallest absolute Gasteiger partial charge is 0.201 e. The van der Waals surface area contributed by atoms with Crippen molar-refractivity contribution < 1.29 is 9.59 Å². The molecule has 1 N–H and O–H groups in total. The van der Waals surface area contributed by atoms with E-state index in [1.54, 1.807) is 18.3 Å². The summed E-state index contributed by atoms with van der Waals surface area (Å²) in [5.74, 6) is 1.27. The number of carbonyl (C=O) groups is 2. The van der Waals surface area contributed by atoms with Gasteiger partial charge in [0.05, 0.1) is 17.0 Å². The Kier molecular flexibility index (Phi) is 4.45. The summed E-state index contributed by atoms with van der Waals surface area (Å²) in [6, 6.07) is 1.77. The first-order valence-corrected chi connectivity index (χ1v) is 8.00. The first-order chi connectivity index (χ1) is 10.2. The van der Waals surface area contributed by atoms with E-state index in [1.165, 1.54) is 12.8 Å². The van der Waals surface area contributed by atoms with Crippen LogP contribution in [0.3, 0.4) is 0 Å². The van der Waals surface area contributed by atoms with E-state index in [1.807, 2.05) is 0 Å². The molecule has 6 heteroatoms. The van der Waals surface area contributed by atoms with Crippen LogP contribution in [0.15, 0.2) is 17.2 Å². The van der Waals surface area contributed by atoms with Crippen LogP contribution < -0.4 is 5.32 Å². The summed E-state index contributed by atoms with van der Waals surface area (Å²) in [4.78, 5) is 32.2. The quantitative estimate of drug-likeness (QED) is 0.675. The van der Waals surface area contributed by atoms with E-state index in [-0.39, 0.29) is 17.3 Å². The number of hydrogen-bond donors (Lipinski definition) is 1. The van der Waals surface area contributed by atoms with Crippen LogP contribution in [0.4, 0.5) is 0 Å². The maximum Gasteiger partial charge on any atom is 0.201 e. The van der Waals surface area contributed by atoms with Crippen molar-refractivity contribution in [2.75, 3.05) is 13.1 Å². The molecule has 0 unspecified atom stereocenters. The number of nitrogens with one attached hydrogen (secondary N) is 1. The van der Waals surface area contributed by atoms with Gasteiger partial charge in [-0.05, 0) is 55.8 Å². The zero-order chi connectivity index (χ0) is 14.7. The molecule has 21 heavy (non-hydrogen) atoms. The van der Waals surface area contributed by atoms with Gasteiger partial charge in [-0.15, -0.1) is 0 Å². The Labute approximate surface area is 127 Å².